The Morgan fingerprint density at radius 3 is 1.86 bits per heavy atom. The van der Waals surface area contributed by atoms with Gasteiger partial charge in [0.15, 0.2) is 5.71 Å². The molecule has 1 aliphatic carbocycles. The van der Waals surface area contributed by atoms with E-state index in [0.717, 1.165) is 61.3 Å². The molecule has 0 aromatic heterocycles. The molecule has 1 unspecified atom stereocenters. The molecular formula is C27H35N2O6S2+. The Morgan fingerprint density at radius 2 is 1.41 bits per heavy atom. The van der Waals surface area contributed by atoms with Crippen molar-refractivity contribution in [2.45, 2.75) is 43.4 Å². The zero-order valence-electron chi connectivity index (χ0n) is 21.6. The molecule has 3 rings (SSSR count). The van der Waals surface area contributed by atoms with E-state index >= 15 is 0 Å². The molecule has 2 aromatic rings. The SMILES string of the molecule is CCN(CC)c1ccc(C(c2cc(S(=O)(=O)O)ccc2S(=O)(=O)O)C2C=CC(=[N+](CC)CC)C=C2)cc1. The summed E-state index contributed by atoms with van der Waals surface area (Å²) in [5, 5.41) is 0. The molecule has 0 aliphatic heterocycles. The van der Waals surface area contributed by atoms with Gasteiger partial charge in [-0.1, -0.05) is 24.3 Å². The highest BCUT2D eigenvalue weighted by molar-refractivity contribution is 7.86. The Labute approximate surface area is 220 Å². The first-order chi connectivity index (χ1) is 17.4. The Hall–Kier alpha value is -2.79. The lowest BCUT2D eigenvalue weighted by molar-refractivity contribution is -0.519. The summed E-state index contributed by atoms with van der Waals surface area (Å²) in [7, 11) is -9.31. The normalized spacial score (nSPS) is 16.6. The van der Waals surface area contributed by atoms with E-state index in [-0.39, 0.29) is 11.5 Å². The molecule has 0 heterocycles. The van der Waals surface area contributed by atoms with Gasteiger partial charge in [-0.25, -0.2) is 4.58 Å². The molecule has 10 heteroatoms. The summed E-state index contributed by atoms with van der Waals surface area (Å²) in [4.78, 5) is 1.32. The van der Waals surface area contributed by atoms with Crippen molar-refractivity contribution in [2.75, 3.05) is 31.1 Å². The summed E-state index contributed by atoms with van der Waals surface area (Å²) in [6, 6.07) is 10.8. The summed E-state index contributed by atoms with van der Waals surface area (Å²) < 4.78 is 70.5. The molecule has 200 valence electrons. The van der Waals surface area contributed by atoms with Crippen LogP contribution >= 0.6 is 0 Å². The lowest BCUT2D eigenvalue weighted by Crippen LogP contribution is -2.23. The van der Waals surface area contributed by atoms with E-state index in [1.165, 1.54) is 0 Å². The van der Waals surface area contributed by atoms with E-state index in [1.807, 2.05) is 48.6 Å². The van der Waals surface area contributed by atoms with Crippen molar-refractivity contribution < 1.29 is 30.5 Å². The molecule has 0 saturated heterocycles. The molecule has 0 radical (unpaired) electrons. The average Bonchev–Trinajstić information content (AvgIpc) is 2.86. The molecule has 8 nitrogen and oxygen atoms in total. The molecule has 0 fully saturated rings. The number of hydrogen-bond acceptors (Lipinski definition) is 5. The highest BCUT2D eigenvalue weighted by Crippen LogP contribution is 2.40. The lowest BCUT2D eigenvalue weighted by atomic mass is 9.78. The number of allylic oxidation sites excluding steroid dienone is 4. The van der Waals surface area contributed by atoms with Gasteiger partial charge < -0.3 is 4.90 Å². The van der Waals surface area contributed by atoms with Gasteiger partial charge in [-0.3, -0.25) is 9.11 Å². The van der Waals surface area contributed by atoms with Gasteiger partial charge in [0.1, 0.15) is 13.1 Å². The third-order valence-corrected chi connectivity index (χ3v) is 8.54. The van der Waals surface area contributed by atoms with Crippen LogP contribution in [0, 0.1) is 5.92 Å². The zero-order chi connectivity index (χ0) is 27.4. The number of nitrogens with zero attached hydrogens (tertiary/aromatic N) is 2. The van der Waals surface area contributed by atoms with Gasteiger partial charge in [0, 0.05) is 42.8 Å². The predicted octanol–water partition coefficient (Wildman–Crippen LogP) is 4.39. The Bertz CT molecular complexity index is 1400. The van der Waals surface area contributed by atoms with Crippen LogP contribution in [-0.2, 0) is 20.2 Å². The first kappa shape index (κ1) is 28.8. The molecular weight excluding hydrogens is 512 g/mol. The third-order valence-electron chi connectivity index (χ3n) is 6.76. The molecule has 2 N–H and O–H groups in total. The topological polar surface area (TPSA) is 115 Å². The average molecular weight is 548 g/mol. The first-order valence-electron chi connectivity index (χ1n) is 12.4. The fourth-order valence-electron chi connectivity index (χ4n) is 4.82. The van der Waals surface area contributed by atoms with Crippen molar-refractivity contribution in [3.63, 3.8) is 0 Å². The van der Waals surface area contributed by atoms with Gasteiger partial charge in [0.25, 0.3) is 20.2 Å². The van der Waals surface area contributed by atoms with Gasteiger partial charge >= 0.3 is 0 Å². The van der Waals surface area contributed by atoms with Crippen LogP contribution in [0.3, 0.4) is 0 Å². The minimum Gasteiger partial charge on any atom is -0.372 e. The molecule has 1 atom stereocenters. The monoisotopic (exact) mass is 547 g/mol. The van der Waals surface area contributed by atoms with Gasteiger partial charge in [-0.05, 0) is 69.2 Å². The van der Waals surface area contributed by atoms with Crippen molar-refractivity contribution in [3.05, 3.63) is 77.9 Å². The van der Waals surface area contributed by atoms with Crippen molar-refractivity contribution in [1.29, 1.82) is 0 Å². The summed E-state index contributed by atoms with van der Waals surface area (Å²) in [6.07, 6.45) is 7.83. The van der Waals surface area contributed by atoms with Crippen LogP contribution in [0.5, 0.6) is 0 Å². The van der Waals surface area contributed by atoms with Crippen molar-refractivity contribution >= 4 is 31.6 Å². The molecule has 0 saturated carbocycles. The maximum absolute atomic E-state index is 12.4. The van der Waals surface area contributed by atoms with Crippen LogP contribution in [0.15, 0.2) is 76.6 Å². The smallest absolute Gasteiger partial charge is 0.294 e. The quantitative estimate of drug-likeness (QED) is 0.335. The van der Waals surface area contributed by atoms with Gasteiger partial charge in [0.05, 0.1) is 9.79 Å². The maximum Gasteiger partial charge on any atom is 0.294 e. The second-order valence-corrected chi connectivity index (χ2v) is 11.6. The van der Waals surface area contributed by atoms with Crippen molar-refractivity contribution in [1.82, 2.24) is 0 Å². The fourth-order valence-corrected chi connectivity index (χ4v) is 6.06. The van der Waals surface area contributed by atoms with Crippen LogP contribution < -0.4 is 4.90 Å². The van der Waals surface area contributed by atoms with Crippen LogP contribution in [0.25, 0.3) is 0 Å². The van der Waals surface area contributed by atoms with Gasteiger partial charge in [0.2, 0.25) is 0 Å². The summed E-state index contributed by atoms with van der Waals surface area (Å²) in [5.41, 5.74) is 2.83. The largest absolute Gasteiger partial charge is 0.372 e. The van der Waals surface area contributed by atoms with Crippen LogP contribution in [0.4, 0.5) is 5.69 Å². The second-order valence-electron chi connectivity index (χ2n) is 8.78. The van der Waals surface area contributed by atoms with Crippen molar-refractivity contribution in [2.24, 2.45) is 5.92 Å². The van der Waals surface area contributed by atoms with E-state index < -0.39 is 35.9 Å². The number of hydrogen-bond donors (Lipinski definition) is 2. The summed E-state index contributed by atoms with van der Waals surface area (Å²) in [5.74, 6) is -1.01. The minimum absolute atomic E-state index is 0.0822. The molecule has 0 spiro atoms. The van der Waals surface area contributed by atoms with E-state index in [1.54, 1.807) is 0 Å². The number of anilines is 1. The second kappa shape index (κ2) is 11.7. The highest BCUT2D eigenvalue weighted by Gasteiger charge is 2.31. The third kappa shape index (κ3) is 6.56. The zero-order valence-corrected chi connectivity index (χ0v) is 23.2. The van der Waals surface area contributed by atoms with E-state index in [4.69, 9.17) is 0 Å². The number of rotatable bonds is 10. The summed E-state index contributed by atoms with van der Waals surface area (Å²) >= 11 is 0. The Kier molecular flexibility index (Phi) is 9.12. The maximum atomic E-state index is 12.4. The Balaban J connectivity index is 2.25. The summed E-state index contributed by atoms with van der Waals surface area (Å²) in [6.45, 7) is 11.5. The molecule has 0 bridgehead atoms. The molecule has 2 aromatic carbocycles. The fraction of sp³-hybridized carbons (Fsp3) is 0.370. The van der Waals surface area contributed by atoms with Crippen LogP contribution in [0.2, 0.25) is 0 Å². The predicted molar refractivity (Wildman–Crippen MR) is 146 cm³/mol. The van der Waals surface area contributed by atoms with E-state index in [9.17, 15) is 25.9 Å². The Morgan fingerprint density at radius 1 is 0.838 bits per heavy atom. The van der Waals surface area contributed by atoms with Gasteiger partial charge in [-0.15, -0.1) is 0 Å². The van der Waals surface area contributed by atoms with Crippen molar-refractivity contribution in [3.8, 4) is 0 Å². The minimum atomic E-state index is -4.70. The van der Waals surface area contributed by atoms with E-state index in [2.05, 4.69) is 37.2 Å². The van der Waals surface area contributed by atoms with E-state index in [0.29, 0.717) is 0 Å². The number of benzene rings is 2. The first-order valence-corrected chi connectivity index (χ1v) is 15.2. The van der Waals surface area contributed by atoms with Gasteiger partial charge in [-0.2, -0.15) is 16.8 Å². The van der Waals surface area contributed by atoms with Crippen LogP contribution in [0.1, 0.15) is 44.7 Å². The standard InChI is InChI=1S/C27H34N2O6S2/c1-5-28(6-2)22-13-9-20(10-14-22)27(21-11-15-23(16-12-21)29(7-3)8-4)25-19-24(36(30,31)32)17-18-26(25)37(33,34)35/h9-20,27H,5-8H2,1-4H3,(H-,30,31,32,33,34,35)/p+1. The molecule has 1 aliphatic rings. The lowest BCUT2D eigenvalue weighted by Gasteiger charge is -2.28. The molecule has 37 heavy (non-hydrogen) atoms. The molecule has 0 amide bonds. The highest BCUT2D eigenvalue weighted by atomic mass is 32.2. The van der Waals surface area contributed by atoms with Crippen LogP contribution in [-0.4, -0.2) is 62.4 Å².